The Morgan fingerprint density at radius 1 is 1.14 bits per heavy atom. The van der Waals surface area contributed by atoms with E-state index in [0.29, 0.717) is 11.6 Å². The van der Waals surface area contributed by atoms with E-state index in [-0.39, 0.29) is 5.82 Å². The molecule has 1 saturated carbocycles. The van der Waals surface area contributed by atoms with Gasteiger partial charge in [0.25, 0.3) is 0 Å². The molecule has 0 atom stereocenters. The third-order valence-corrected chi connectivity index (χ3v) is 4.90. The van der Waals surface area contributed by atoms with Gasteiger partial charge in [0.1, 0.15) is 5.82 Å². The molecule has 0 aliphatic heterocycles. The van der Waals surface area contributed by atoms with E-state index >= 15 is 0 Å². The molecule has 1 aromatic carbocycles. The summed E-state index contributed by atoms with van der Waals surface area (Å²) in [5.74, 6) is 1.06. The molecule has 1 aliphatic carbocycles. The Bertz CT molecular complexity index is 1150. The molecule has 1 aliphatic rings. The van der Waals surface area contributed by atoms with Crippen molar-refractivity contribution in [2.45, 2.75) is 12.8 Å². The Balaban J connectivity index is 1.63. The summed E-state index contributed by atoms with van der Waals surface area (Å²) in [4.78, 5) is 13.8. The highest BCUT2D eigenvalue weighted by molar-refractivity contribution is 5.89. The minimum Gasteiger partial charge on any atom is -0.354 e. The quantitative estimate of drug-likeness (QED) is 0.571. The molecule has 5 rings (SSSR count). The third kappa shape index (κ3) is 3.31. The topological polar surface area (TPSA) is 68.5 Å². The fraction of sp³-hybridized carbons (Fsp3) is 0.238. The van der Waals surface area contributed by atoms with E-state index in [1.807, 2.05) is 25.4 Å². The van der Waals surface area contributed by atoms with Gasteiger partial charge in [0.2, 0.25) is 5.95 Å². The lowest BCUT2D eigenvalue weighted by Gasteiger charge is -2.10. The Labute approximate surface area is 161 Å². The maximum atomic E-state index is 13.4. The molecular weight excluding hydrogens is 355 g/mol. The molecule has 0 bridgehead atoms. The minimum absolute atomic E-state index is 0.280. The predicted molar refractivity (Wildman–Crippen MR) is 106 cm³/mol. The Morgan fingerprint density at radius 3 is 2.75 bits per heavy atom. The number of aryl methyl sites for hydroxylation is 1. The van der Waals surface area contributed by atoms with E-state index in [1.165, 1.54) is 25.0 Å². The number of benzene rings is 1. The van der Waals surface area contributed by atoms with Crippen molar-refractivity contribution in [3.05, 3.63) is 54.6 Å². The van der Waals surface area contributed by atoms with Gasteiger partial charge < -0.3 is 5.32 Å². The van der Waals surface area contributed by atoms with Crippen molar-refractivity contribution in [3.63, 3.8) is 0 Å². The van der Waals surface area contributed by atoms with Crippen LogP contribution in [-0.2, 0) is 7.05 Å². The van der Waals surface area contributed by atoms with Crippen molar-refractivity contribution in [1.29, 1.82) is 0 Å². The molecule has 7 heteroatoms. The van der Waals surface area contributed by atoms with E-state index < -0.39 is 0 Å². The first-order chi connectivity index (χ1) is 13.7. The maximum Gasteiger partial charge on any atom is 0.223 e. The van der Waals surface area contributed by atoms with Crippen molar-refractivity contribution < 1.29 is 4.39 Å². The van der Waals surface area contributed by atoms with Gasteiger partial charge in [0, 0.05) is 42.5 Å². The number of halogens is 1. The molecule has 0 spiro atoms. The number of fused-ring (bicyclic) bond motifs is 1. The molecule has 1 N–H and O–H groups in total. The van der Waals surface area contributed by atoms with Gasteiger partial charge in [0.15, 0.2) is 5.65 Å². The van der Waals surface area contributed by atoms with Crippen LogP contribution in [0.2, 0.25) is 0 Å². The highest BCUT2D eigenvalue weighted by Gasteiger charge is 2.21. The molecule has 140 valence electrons. The van der Waals surface area contributed by atoms with E-state index in [0.717, 1.165) is 40.4 Å². The van der Waals surface area contributed by atoms with Crippen molar-refractivity contribution in [1.82, 2.24) is 24.7 Å². The second-order valence-electron chi connectivity index (χ2n) is 7.20. The molecule has 3 heterocycles. The van der Waals surface area contributed by atoms with Crippen molar-refractivity contribution in [2.24, 2.45) is 13.0 Å². The van der Waals surface area contributed by atoms with Crippen molar-refractivity contribution >= 4 is 17.0 Å². The first kappa shape index (κ1) is 16.8. The number of rotatable bonds is 5. The van der Waals surface area contributed by atoms with Gasteiger partial charge in [-0.05, 0) is 55.2 Å². The van der Waals surface area contributed by atoms with Gasteiger partial charge in [0.05, 0.1) is 11.4 Å². The van der Waals surface area contributed by atoms with Gasteiger partial charge in [-0.2, -0.15) is 5.10 Å². The molecule has 1 fully saturated rings. The minimum atomic E-state index is -0.280. The number of aromatic nitrogens is 5. The maximum absolute atomic E-state index is 13.4. The highest BCUT2D eigenvalue weighted by atomic mass is 19.1. The van der Waals surface area contributed by atoms with Crippen LogP contribution in [0.1, 0.15) is 12.8 Å². The van der Waals surface area contributed by atoms with Crippen molar-refractivity contribution in [2.75, 3.05) is 11.9 Å². The monoisotopic (exact) mass is 374 g/mol. The summed E-state index contributed by atoms with van der Waals surface area (Å²) in [5.41, 5.74) is 3.81. The Morgan fingerprint density at radius 2 is 1.96 bits per heavy atom. The zero-order valence-electron chi connectivity index (χ0n) is 15.4. The molecule has 0 amide bonds. The number of hydrogen-bond acceptors (Lipinski definition) is 5. The average Bonchev–Trinajstić information content (AvgIpc) is 3.46. The lowest BCUT2D eigenvalue weighted by atomic mass is 10.0. The summed E-state index contributed by atoms with van der Waals surface area (Å²) in [6.07, 6.45) is 6.21. The first-order valence-electron chi connectivity index (χ1n) is 9.33. The normalized spacial score (nSPS) is 13.8. The molecular formula is C21H19FN6. The molecule has 0 radical (unpaired) electrons. The van der Waals surface area contributed by atoms with Gasteiger partial charge in [-0.3, -0.25) is 4.68 Å². The second-order valence-corrected chi connectivity index (χ2v) is 7.20. The standard InChI is InChI=1S/C21H19FN6/c1-28-12-15-10-17(18-8-9-23-21(25-18)24-11-13-2-3-13)19(26-20(15)27-28)14-4-6-16(22)7-5-14/h4-10,12-13H,2-3,11H2,1H3,(H,23,24,25). The van der Waals surface area contributed by atoms with Gasteiger partial charge in [-0.15, -0.1) is 0 Å². The Kier molecular flexibility index (Phi) is 4.00. The lowest BCUT2D eigenvalue weighted by Crippen LogP contribution is -2.07. The smallest absolute Gasteiger partial charge is 0.223 e. The molecule has 0 saturated heterocycles. The zero-order valence-corrected chi connectivity index (χ0v) is 15.4. The number of pyridine rings is 1. The first-order valence-corrected chi connectivity index (χ1v) is 9.33. The molecule has 28 heavy (non-hydrogen) atoms. The summed E-state index contributed by atoms with van der Waals surface area (Å²) in [6.45, 7) is 0.897. The largest absolute Gasteiger partial charge is 0.354 e. The number of anilines is 1. The fourth-order valence-corrected chi connectivity index (χ4v) is 3.25. The Hall–Kier alpha value is -3.35. The molecule has 4 aromatic rings. The van der Waals surface area contributed by atoms with Crippen LogP contribution in [0.4, 0.5) is 10.3 Å². The van der Waals surface area contributed by atoms with E-state index in [1.54, 1.807) is 23.0 Å². The van der Waals surface area contributed by atoms with Crippen LogP contribution in [0.25, 0.3) is 33.5 Å². The van der Waals surface area contributed by atoms with Crippen LogP contribution >= 0.6 is 0 Å². The van der Waals surface area contributed by atoms with Crippen molar-refractivity contribution in [3.8, 4) is 22.5 Å². The van der Waals surface area contributed by atoms with Crippen LogP contribution in [0.3, 0.4) is 0 Å². The number of nitrogens with zero attached hydrogens (tertiary/aromatic N) is 5. The van der Waals surface area contributed by atoms with E-state index in [9.17, 15) is 4.39 Å². The summed E-state index contributed by atoms with van der Waals surface area (Å²) >= 11 is 0. The summed E-state index contributed by atoms with van der Waals surface area (Å²) in [5, 5.41) is 8.65. The van der Waals surface area contributed by atoms with E-state index in [4.69, 9.17) is 9.97 Å². The third-order valence-electron chi connectivity index (χ3n) is 4.90. The SMILES string of the molecule is Cn1cc2cc(-c3ccnc(NCC4CC4)n3)c(-c3ccc(F)cc3)nc2n1. The summed E-state index contributed by atoms with van der Waals surface area (Å²) < 4.78 is 15.2. The van der Waals surface area contributed by atoms with Crippen LogP contribution in [0.5, 0.6) is 0 Å². The van der Waals surface area contributed by atoms with Crippen LogP contribution < -0.4 is 5.32 Å². The highest BCUT2D eigenvalue weighted by Crippen LogP contribution is 2.33. The van der Waals surface area contributed by atoms with Crippen LogP contribution in [-0.4, -0.2) is 31.3 Å². The summed E-state index contributed by atoms with van der Waals surface area (Å²) in [7, 11) is 1.86. The van der Waals surface area contributed by atoms with Gasteiger partial charge >= 0.3 is 0 Å². The van der Waals surface area contributed by atoms with Crippen LogP contribution in [0.15, 0.2) is 48.8 Å². The van der Waals surface area contributed by atoms with Gasteiger partial charge in [-0.1, -0.05) is 0 Å². The predicted octanol–water partition coefficient (Wildman–Crippen LogP) is 4.05. The second kappa shape index (κ2) is 6.67. The fourth-order valence-electron chi connectivity index (χ4n) is 3.25. The lowest BCUT2D eigenvalue weighted by molar-refractivity contribution is 0.628. The number of nitrogens with one attached hydrogen (secondary N) is 1. The summed E-state index contributed by atoms with van der Waals surface area (Å²) in [6, 6.07) is 10.2. The van der Waals surface area contributed by atoms with Gasteiger partial charge in [-0.25, -0.2) is 19.3 Å². The number of hydrogen-bond donors (Lipinski definition) is 1. The van der Waals surface area contributed by atoms with E-state index in [2.05, 4.69) is 15.4 Å². The van der Waals surface area contributed by atoms with Crippen LogP contribution in [0, 0.1) is 11.7 Å². The average molecular weight is 374 g/mol. The molecule has 3 aromatic heterocycles. The molecule has 0 unspecified atom stereocenters. The zero-order chi connectivity index (χ0) is 19.1. The molecule has 6 nitrogen and oxygen atoms in total.